The van der Waals surface area contributed by atoms with Crippen LogP contribution < -0.4 is 5.73 Å². The van der Waals surface area contributed by atoms with Crippen LogP contribution in [0.1, 0.15) is 25.0 Å². The van der Waals surface area contributed by atoms with Gasteiger partial charge in [-0.2, -0.15) is 0 Å². The molecule has 0 fully saturated rings. The molecule has 0 aliphatic carbocycles. The van der Waals surface area contributed by atoms with E-state index in [0.29, 0.717) is 6.54 Å². The lowest BCUT2D eigenvalue weighted by Crippen LogP contribution is -2.13. The van der Waals surface area contributed by atoms with Crippen molar-refractivity contribution in [3.63, 3.8) is 0 Å². The van der Waals surface area contributed by atoms with E-state index in [1.807, 2.05) is 38.1 Å². The topological polar surface area (TPSA) is 60.2 Å². The Hall–Kier alpha value is -0.870. The van der Waals surface area contributed by atoms with Crippen molar-refractivity contribution < 1.29 is 8.42 Å². The van der Waals surface area contributed by atoms with Crippen LogP contribution in [0.15, 0.2) is 24.3 Å². The molecule has 0 saturated carbocycles. The zero-order chi connectivity index (χ0) is 12.2. The van der Waals surface area contributed by atoms with Gasteiger partial charge in [0, 0.05) is 6.54 Å². The number of benzene rings is 1. The van der Waals surface area contributed by atoms with E-state index in [4.69, 9.17) is 5.73 Å². The van der Waals surface area contributed by atoms with Crippen LogP contribution in [0, 0.1) is 5.92 Å². The molecule has 0 atom stereocenters. The lowest BCUT2D eigenvalue weighted by molar-refractivity contribution is 0.581. The number of hydrogen-bond acceptors (Lipinski definition) is 3. The summed E-state index contributed by atoms with van der Waals surface area (Å²) in [5.74, 6) is 0.537. The van der Waals surface area contributed by atoms with Crippen LogP contribution in [0.3, 0.4) is 0 Å². The zero-order valence-electron chi connectivity index (χ0n) is 9.81. The van der Waals surface area contributed by atoms with Crippen molar-refractivity contribution in [2.24, 2.45) is 11.7 Å². The van der Waals surface area contributed by atoms with E-state index in [0.717, 1.165) is 11.1 Å². The summed E-state index contributed by atoms with van der Waals surface area (Å²) in [6, 6.07) is 7.42. The summed E-state index contributed by atoms with van der Waals surface area (Å²) in [7, 11) is -2.98. The maximum Gasteiger partial charge on any atom is 0.154 e. The van der Waals surface area contributed by atoms with E-state index < -0.39 is 9.84 Å². The van der Waals surface area contributed by atoms with E-state index in [2.05, 4.69) is 0 Å². The monoisotopic (exact) mass is 241 g/mol. The third-order valence-corrected chi connectivity index (χ3v) is 4.18. The Kier molecular flexibility index (Phi) is 4.50. The van der Waals surface area contributed by atoms with Gasteiger partial charge >= 0.3 is 0 Å². The second-order valence-corrected chi connectivity index (χ2v) is 6.58. The largest absolute Gasteiger partial charge is 0.326 e. The van der Waals surface area contributed by atoms with Gasteiger partial charge in [0.25, 0.3) is 0 Å². The maximum absolute atomic E-state index is 11.7. The summed E-state index contributed by atoms with van der Waals surface area (Å²) in [4.78, 5) is 0. The number of nitrogens with two attached hydrogens (primary N) is 1. The molecule has 1 aromatic carbocycles. The minimum Gasteiger partial charge on any atom is -0.326 e. The third kappa shape index (κ3) is 4.33. The highest BCUT2D eigenvalue weighted by Gasteiger charge is 2.13. The summed E-state index contributed by atoms with van der Waals surface area (Å²) in [5, 5.41) is 0. The summed E-state index contributed by atoms with van der Waals surface area (Å²) < 4.78 is 23.5. The quantitative estimate of drug-likeness (QED) is 0.853. The summed E-state index contributed by atoms with van der Waals surface area (Å²) in [6.07, 6.45) is 0. The summed E-state index contributed by atoms with van der Waals surface area (Å²) >= 11 is 0. The van der Waals surface area contributed by atoms with Crippen molar-refractivity contribution in [3.05, 3.63) is 35.4 Å². The highest BCUT2D eigenvalue weighted by Crippen LogP contribution is 2.11. The van der Waals surface area contributed by atoms with Crippen LogP contribution in [0.4, 0.5) is 0 Å². The first-order valence-electron chi connectivity index (χ1n) is 5.41. The van der Waals surface area contributed by atoms with Gasteiger partial charge in [0.1, 0.15) is 0 Å². The van der Waals surface area contributed by atoms with Crippen LogP contribution in [0.5, 0.6) is 0 Å². The number of rotatable bonds is 5. The molecule has 0 saturated heterocycles. The van der Waals surface area contributed by atoms with Crippen molar-refractivity contribution in [3.8, 4) is 0 Å². The van der Waals surface area contributed by atoms with E-state index in [9.17, 15) is 8.42 Å². The van der Waals surface area contributed by atoms with Crippen molar-refractivity contribution in [2.45, 2.75) is 26.1 Å². The Morgan fingerprint density at radius 1 is 1.12 bits per heavy atom. The fraction of sp³-hybridized carbons (Fsp3) is 0.500. The minimum absolute atomic E-state index is 0.121. The molecule has 0 aliphatic rings. The predicted octanol–water partition coefficient (Wildman–Crippen LogP) is 1.72. The predicted molar refractivity (Wildman–Crippen MR) is 66.7 cm³/mol. The first-order chi connectivity index (χ1) is 7.43. The Labute approximate surface area is 97.6 Å². The van der Waals surface area contributed by atoms with E-state index in [-0.39, 0.29) is 17.4 Å². The van der Waals surface area contributed by atoms with Crippen molar-refractivity contribution >= 4 is 9.84 Å². The minimum atomic E-state index is -2.98. The van der Waals surface area contributed by atoms with Crippen LogP contribution in [-0.2, 0) is 22.1 Å². The molecular weight excluding hydrogens is 222 g/mol. The first-order valence-corrected chi connectivity index (χ1v) is 7.23. The van der Waals surface area contributed by atoms with Gasteiger partial charge in [-0.1, -0.05) is 38.1 Å². The van der Waals surface area contributed by atoms with Gasteiger partial charge in [0.2, 0.25) is 0 Å². The zero-order valence-corrected chi connectivity index (χ0v) is 10.6. The maximum atomic E-state index is 11.7. The Morgan fingerprint density at radius 2 is 1.62 bits per heavy atom. The van der Waals surface area contributed by atoms with Gasteiger partial charge in [-0.25, -0.2) is 8.42 Å². The standard InChI is InChI=1S/C12H19NO2S/c1-10(2)8-16(14,15)9-12-5-3-11(7-13)4-6-12/h3-6,10H,7-9,13H2,1-2H3. The molecule has 0 bridgehead atoms. The summed E-state index contributed by atoms with van der Waals surface area (Å²) in [5.41, 5.74) is 7.32. The smallest absolute Gasteiger partial charge is 0.154 e. The van der Waals surface area contributed by atoms with Gasteiger partial charge in [-0.15, -0.1) is 0 Å². The molecule has 90 valence electrons. The number of sulfone groups is 1. The third-order valence-electron chi connectivity index (χ3n) is 2.23. The molecule has 0 heterocycles. The molecule has 1 aromatic rings. The van der Waals surface area contributed by atoms with Crippen molar-refractivity contribution in [1.29, 1.82) is 0 Å². The lowest BCUT2D eigenvalue weighted by Gasteiger charge is -2.07. The van der Waals surface area contributed by atoms with Crippen molar-refractivity contribution in [2.75, 3.05) is 5.75 Å². The highest BCUT2D eigenvalue weighted by atomic mass is 32.2. The second kappa shape index (κ2) is 5.46. The molecule has 0 aromatic heterocycles. The fourth-order valence-electron chi connectivity index (χ4n) is 1.59. The van der Waals surface area contributed by atoms with E-state index >= 15 is 0 Å². The van der Waals surface area contributed by atoms with Crippen molar-refractivity contribution in [1.82, 2.24) is 0 Å². The molecule has 3 nitrogen and oxygen atoms in total. The van der Waals surface area contributed by atoms with Gasteiger partial charge in [-0.05, 0) is 17.0 Å². The molecule has 1 rings (SSSR count). The Balaban J connectivity index is 2.72. The van der Waals surface area contributed by atoms with Gasteiger partial charge in [-0.3, -0.25) is 0 Å². The average molecular weight is 241 g/mol. The molecule has 0 amide bonds. The van der Waals surface area contributed by atoms with E-state index in [1.54, 1.807) is 0 Å². The van der Waals surface area contributed by atoms with Gasteiger partial charge in [0.15, 0.2) is 9.84 Å². The molecule has 2 N–H and O–H groups in total. The van der Waals surface area contributed by atoms with Crippen LogP contribution in [0.2, 0.25) is 0 Å². The van der Waals surface area contributed by atoms with Gasteiger partial charge < -0.3 is 5.73 Å². The molecule has 0 radical (unpaired) electrons. The Bertz CT molecular complexity index is 421. The molecule has 0 aliphatic heterocycles. The average Bonchev–Trinajstić information content (AvgIpc) is 2.16. The van der Waals surface area contributed by atoms with Gasteiger partial charge in [0.05, 0.1) is 11.5 Å². The van der Waals surface area contributed by atoms with Crippen LogP contribution in [0.25, 0.3) is 0 Å². The van der Waals surface area contributed by atoms with E-state index in [1.165, 1.54) is 0 Å². The highest BCUT2D eigenvalue weighted by molar-refractivity contribution is 7.90. The molecule has 16 heavy (non-hydrogen) atoms. The molecular formula is C12H19NO2S. The summed E-state index contributed by atoms with van der Waals surface area (Å²) in [6.45, 7) is 4.31. The molecule has 0 unspecified atom stereocenters. The second-order valence-electron chi connectivity index (χ2n) is 4.47. The SMILES string of the molecule is CC(C)CS(=O)(=O)Cc1ccc(CN)cc1. The Morgan fingerprint density at radius 3 is 2.06 bits per heavy atom. The molecule has 0 spiro atoms. The first kappa shape index (κ1) is 13.2. The number of hydrogen-bond donors (Lipinski definition) is 1. The molecule has 4 heteroatoms. The van der Waals surface area contributed by atoms with Crippen LogP contribution in [-0.4, -0.2) is 14.2 Å². The lowest BCUT2D eigenvalue weighted by atomic mass is 10.1. The fourth-order valence-corrected chi connectivity index (χ4v) is 3.43. The normalized spacial score (nSPS) is 12.0. The van der Waals surface area contributed by atoms with Crippen LogP contribution >= 0.6 is 0 Å².